The van der Waals surface area contributed by atoms with Crippen LogP contribution in [0.2, 0.25) is 0 Å². The van der Waals surface area contributed by atoms with Crippen molar-refractivity contribution in [3.63, 3.8) is 0 Å². The van der Waals surface area contributed by atoms with Gasteiger partial charge in [-0.3, -0.25) is 5.73 Å². The molecular weight excluding hydrogens is 374 g/mol. The van der Waals surface area contributed by atoms with Crippen LogP contribution in [0.4, 0.5) is 0 Å². The topological polar surface area (TPSA) is 92.5 Å². The lowest BCUT2D eigenvalue weighted by atomic mass is 10.4. The lowest BCUT2D eigenvalue weighted by molar-refractivity contribution is 0.407. The fourth-order valence-corrected chi connectivity index (χ4v) is 3.81. The van der Waals surface area contributed by atoms with Crippen LogP contribution in [0.3, 0.4) is 0 Å². The van der Waals surface area contributed by atoms with Crippen molar-refractivity contribution in [1.82, 2.24) is 0 Å². The highest BCUT2D eigenvalue weighted by atomic mass is 127. The van der Waals surface area contributed by atoms with Crippen LogP contribution in [0, 0.1) is 0 Å². The van der Waals surface area contributed by atoms with Gasteiger partial charge in [-0.2, -0.15) is 0 Å². The van der Waals surface area contributed by atoms with Crippen LogP contribution in [0.25, 0.3) is 0 Å². The van der Waals surface area contributed by atoms with E-state index in [-0.39, 0.29) is 11.5 Å². The van der Waals surface area contributed by atoms with E-state index in [1.165, 1.54) is 0 Å². The first-order chi connectivity index (χ1) is 5.04. The van der Waals surface area contributed by atoms with Crippen LogP contribution in [0.15, 0.2) is 18.8 Å². The predicted octanol–water partition coefficient (Wildman–Crippen LogP) is 0.950. The molecule has 4 nitrogen and oxygen atoms in total. The van der Waals surface area contributed by atoms with Gasteiger partial charge in [-0.15, -0.1) is 0 Å². The summed E-state index contributed by atoms with van der Waals surface area (Å²) in [7, 11) is 0. The summed E-state index contributed by atoms with van der Waals surface area (Å²) in [6.45, 7) is 0. The van der Waals surface area contributed by atoms with Gasteiger partial charge >= 0.3 is 0 Å². The van der Waals surface area contributed by atoms with Crippen molar-refractivity contribution in [2.75, 3.05) is 0 Å². The van der Waals surface area contributed by atoms with E-state index in [0.717, 1.165) is 0 Å². The Morgan fingerprint density at radius 1 is 1.18 bits per heavy atom. The van der Waals surface area contributed by atoms with Crippen molar-refractivity contribution in [1.29, 1.82) is 0 Å². The van der Waals surface area contributed by atoms with Crippen molar-refractivity contribution < 1.29 is 10.2 Å². The number of nitrogens with two attached hydrogens (primary N) is 2. The third-order valence-corrected chi connectivity index (χ3v) is 4.28. The van der Waals surface area contributed by atoms with Crippen molar-refractivity contribution in [3.05, 3.63) is 18.8 Å². The molecule has 1 rings (SSSR count). The molecule has 0 bridgehead atoms. The number of rotatable bonds is 0. The first-order valence-electron chi connectivity index (χ1n) is 2.59. The highest BCUT2D eigenvalue weighted by Gasteiger charge is 2.17. The smallest absolute Gasteiger partial charge is 0.161 e. The fourth-order valence-electron chi connectivity index (χ4n) is 0.521. The Kier molecular flexibility index (Phi) is 2.75. The molecule has 0 atom stereocenters. The third kappa shape index (κ3) is 1.67. The lowest BCUT2D eigenvalue weighted by Gasteiger charge is -2.10. The summed E-state index contributed by atoms with van der Waals surface area (Å²) in [6, 6.07) is 0. The first kappa shape index (κ1) is 9.26. The van der Waals surface area contributed by atoms with Gasteiger partial charge in [0.25, 0.3) is 0 Å². The van der Waals surface area contributed by atoms with Crippen molar-refractivity contribution in [3.8, 4) is 0 Å². The molecular formula is C5H6I2N2O2. The highest BCUT2D eigenvalue weighted by Crippen LogP contribution is 2.30. The van der Waals surface area contributed by atoms with Gasteiger partial charge in [-0.05, 0) is 43.3 Å². The Bertz CT molecular complexity index is 287. The number of halogens is 2. The Morgan fingerprint density at radius 2 is 1.73 bits per heavy atom. The molecule has 0 saturated carbocycles. The van der Waals surface area contributed by atoms with Gasteiger partial charge in [-0.25, -0.2) is 0 Å². The summed E-state index contributed by atoms with van der Waals surface area (Å²) in [5, 5.41) is 18.4. The van der Waals surface area contributed by atoms with Gasteiger partial charge in [0.2, 0.25) is 0 Å². The van der Waals surface area contributed by atoms with E-state index >= 15 is 0 Å². The van der Waals surface area contributed by atoms with Crippen LogP contribution in [-0.2, 0) is 0 Å². The second-order valence-electron chi connectivity index (χ2n) is 1.80. The van der Waals surface area contributed by atoms with Gasteiger partial charge in [0, 0.05) is 0 Å². The molecule has 0 aromatic rings. The molecule has 11 heavy (non-hydrogen) atoms. The predicted molar refractivity (Wildman–Crippen MR) is 60.7 cm³/mol. The molecule has 0 saturated heterocycles. The average molecular weight is 380 g/mol. The van der Waals surface area contributed by atoms with Crippen LogP contribution in [0.5, 0.6) is 0 Å². The SMILES string of the molecule is NC1=IC(N)=C(O)C(I)=C1O. The molecule has 62 valence electrons. The fraction of sp³-hybridized carbons (Fsp3) is 0. The third-order valence-electron chi connectivity index (χ3n) is 1.07. The molecule has 0 amide bonds. The molecule has 0 spiro atoms. The zero-order valence-corrected chi connectivity index (χ0v) is 9.62. The van der Waals surface area contributed by atoms with Crippen LogP contribution < -0.4 is 11.5 Å². The molecule has 0 unspecified atom stereocenters. The number of hydrogen-bond donors (Lipinski definition) is 4. The van der Waals surface area contributed by atoms with E-state index in [2.05, 4.69) is 0 Å². The summed E-state index contributed by atoms with van der Waals surface area (Å²) < 4.78 is 1.15. The van der Waals surface area contributed by atoms with Crippen LogP contribution >= 0.6 is 43.3 Å². The summed E-state index contributed by atoms with van der Waals surface area (Å²) in [6.07, 6.45) is 0. The maximum Gasteiger partial charge on any atom is 0.161 e. The summed E-state index contributed by atoms with van der Waals surface area (Å²) in [5.74, 6) is -0.0461. The number of aliphatic hydroxyl groups is 2. The maximum absolute atomic E-state index is 9.22. The minimum Gasteiger partial charge on any atom is -0.505 e. The van der Waals surface area contributed by atoms with Crippen LogP contribution in [-0.4, -0.2) is 13.8 Å². The van der Waals surface area contributed by atoms with E-state index in [0.29, 0.717) is 10.9 Å². The molecule has 6 heteroatoms. The summed E-state index contributed by atoms with van der Waals surface area (Å²) in [4.78, 5) is 0. The molecule has 0 radical (unpaired) electrons. The second-order valence-corrected chi connectivity index (χ2v) is 5.74. The normalized spacial score (nSPS) is 19.6. The monoisotopic (exact) mass is 380 g/mol. The molecule has 1 aliphatic heterocycles. The van der Waals surface area contributed by atoms with Gasteiger partial charge in [-0.1, -0.05) is 0 Å². The minimum absolute atomic E-state index is 0.0231. The average Bonchev–Trinajstić information content (AvgIpc) is 1.97. The molecule has 6 N–H and O–H groups in total. The molecule has 0 aromatic carbocycles. The van der Waals surface area contributed by atoms with Crippen molar-refractivity contribution in [2.24, 2.45) is 11.5 Å². The minimum atomic E-state index is -0.729. The molecule has 0 fully saturated rings. The zero-order chi connectivity index (χ0) is 8.59. The van der Waals surface area contributed by atoms with Crippen molar-refractivity contribution in [2.45, 2.75) is 0 Å². The first-order valence-corrected chi connectivity index (χ1v) is 5.83. The summed E-state index contributed by atoms with van der Waals surface area (Å²) >= 11 is 1.07. The van der Waals surface area contributed by atoms with Crippen LogP contribution in [0.1, 0.15) is 0 Å². The second kappa shape index (κ2) is 3.27. The van der Waals surface area contributed by atoms with Gasteiger partial charge in [0.05, 0.1) is 3.63 Å². The number of allylic oxidation sites excluding steroid dienone is 1. The Hall–Kier alpha value is 0.170. The molecule has 1 heterocycles. The number of aliphatic hydroxyl groups excluding tert-OH is 2. The Balaban J connectivity index is 3.28. The molecule has 1 aliphatic rings. The Labute approximate surface area is 86.8 Å². The van der Waals surface area contributed by atoms with E-state index in [4.69, 9.17) is 11.5 Å². The van der Waals surface area contributed by atoms with Gasteiger partial charge in [0.15, 0.2) is 11.5 Å². The largest absolute Gasteiger partial charge is 0.505 e. The van der Waals surface area contributed by atoms with Gasteiger partial charge < -0.3 is 15.9 Å². The standard InChI is InChI=1S/C5H6I2N2O2/c6-1-2(10)4(8)7-5(9)3(1)11/h10-11H,8-9H2. The molecule has 0 aliphatic carbocycles. The maximum atomic E-state index is 9.22. The van der Waals surface area contributed by atoms with E-state index in [1.54, 1.807) is 22.6 Å². The van der Waals surface area contributed by atoms with Crippen molar-refractivity contribution >= 4 is 47.0 Å². The zero-order valence-electron chi connectivity index (χ0n) is 5.31. The quantitative estimate of drug-likeness (QED) is 0.372. The van der Waals surface area contributed by atoms with E-state index < -0.39 is 20.7 Å². The highest BCUT2D eigenvalue weighted by molar-refractivity contribution is 14.2. The Morgan fingerprint density at radius 3 is 2.27 bits per heavy atom. The van der Waals surface area contributed by atoms with Gasteiger partial charge in [0.1, 0.15) is 7.28 Å². The number of hydrogen-bond acceptors (Lipinski definition) is 4. The molecule has 0 aromatic heterocycles. The van der Waals surface area contributed by atoms with E-state index in [9.17, 15) is 10.2 Å². The van der Waals surface area contributed by atoms with E-state index in [1.807, 2.05) is 0 Å². The summed E-state index contributed by atoms with van der Waals surface area (Å²) in [5.41, 5.74) is 10.9. The lowest BCUT2D eigenvalue weighted by Crippen LogP contribution is -2.17.